The third-order valence-electron chi connectivity index (χ3n) is 4.63. The number of carbonyl (C=O) groups is 1. The van der Waals surface area contributed by atoms with Crippen LogP contribution in [0.5, 0.6) is 0 Å². The van der Waals surface area contributed by atoms with Gasteiger partial charge in [-0.15, -0.1) is 10.2 Å². The Balaban J connectivity index is 1.58. The highest BCUT2D eigenvalue weighted by Crippen LogP contribution is 2.25. The lowest BCUT2D eigenvalue weighted by molar-refractivity contribution is -0.120. The SMILES string of the molecule is CC(Sc1nnc2n(C)c(=O)c3ccccc3n12)C(=O)NCc1ccc(Cl)cc1. The van der Waals surface area contributed by atoms with Gasteiger partial charge in [0.2, 0.25) is 11.7 Å². The number of fused-ring (bicyclic) bond motifs is 3. The number of aromatic nitrogens is 4. The summed E-state index contributed by atoms with van der Waals surface area (Å²) in [5.74, 6) is 0.320. The zero-order valence-electron chi connectivity index (χ0n) is 15.8. The van der Waals surface area contributed by atoms with Crippen LogP contribution in [0.25, 0.3) is 16.7 Å². The molecule has 9 heteroatoms. The lowest BCUT2D eigenvalue weighted by atomic mass is 10.2. The molecule has 0 saturated heterocycles. The smallest absolute Gasteiger partial charge is 0.262 e. The van der Waals surface area contributed by atoms with E-state index in [0.29, 0.717) is 33.4 Å². The molecule has 4 aromatic rings. The number of amides is 1. The molecule has 1 atom stereocenters. The van der Waals surface area contributed by atoms with Crippen LogP contribution < -0.4 is 10.9 Å². The molecule has 0 bridgehead atoms. The van der Waals surface area contributed by atoms with Crippen LogP contribution in [0.3, 0.4) is 0 Å². The molecule has 2 heterocycles. The fourth-order valence-corrected chi connectivity index (χ4v) is 4.04. The predicted molar refractivity (Wildman–Crippen MR) is 114 cm³/mol. The monoisotopic (exact) mass is 427 g/mol. The average Bonchev–Trinajstić information content (AvgIpc) is 3.15. The summed E-state index contributed by atoms with van der Waals surface area (Å²) in [4.78, 5) is 25.1. The van der Waals surface area contributed by atoms with Gasteiger partial charge in [-0.2, -0.15) is 0 Å². The topological polar surface area (TPSA) is 81.3 Å². The predicted octanol–water partition coefficient (Wildman–Crippen LogP) is 3.03. The van der Waals surface area contributed by atoms with Gasteiger partial charge < -0.3 is 5.32 Å². The van der Waals surface area contributed by atoms with Crippen molar-refractivity contribution in [3.05, 3.63) is 69.5 Å². The zero-order chi connectivity index (χ0) is 20.5. The highest BCUT2D eigenvalue weighted by atomic mass is 35.5. The first-order chi connectivity index (χ1) is 14.0. The first kappa shape index (κ1) is 19.5. The van der Waals surface area contributed by atoms with Gasteiger partial charge in [-0.1, -0.05) is 47.6 Å². The van der Waals surface area contributed by atoms with Crippen LogP contribution in [-0.4, -0.2) is 30.3 Å². The minimum atomic E-state index is -0.398. The molecule has 1 N–H and O–H groups in total. The van der Waals surface area contributed by atoms with Gasteiger partial charge in [0.25, 0.3) is 5.56 Å². The lowest BCUT2D eigenvalue weighted by Gasteiger charge is -2.12. The van der Waals surface area contributed by atoms with E-state index < -0.39 is 5.25 Å². The molecule has 1 amide bonds. The Labute approximate surface area is 175 Å². The third kappa shape index (κ3) is 3.73. The molecule has 0 aliphatic heterocycles. The van der Waals surface area contributed by atoms with E-state index in [1.54, 1.807) is 25.2 Å². The summed E-state index contributed by atoms with van der Waals surface area (Å²) in [5.41, 5.74) is 1.55. The summed E-state index contributed by atoms with van der Waals surface area (Å²) >= 11 is 7.18. The minimum Gasteiger partial charge on any atom is -0.351 e. The molecule has 148 valence electrons. The maximum atomic E-state index is 12.6. The second-order valence-electron chi connectivity index (χ2n) is 6.60. The van der Waals surface area contributed by atoms with Gasteiger partial charge in [-0.05, 0) is 36.8 Å². The fourth-order valence-electron chi connectivity index (χ4n) is 3.03. The molecule has 0 fully saturated rings. The number of rotatable bonds is 5. The number of para-hydroxylation sites is 1. The van der Waals surface area contributed by atoms with E-state index in [9.17, 15) is 9.59 Å². The number of halogens is 1. The molecular weight excluding hydrogens is 410 g/mol. The number of benzene rings is 2. The molecule has 0 aliphatic carbocycles. The number of aryl methyl sites for hydroxylation is 1. The zero-order valence-corrected chi connectivity index (χ0v) is 17.4. The Hall–Kier alpha value is -2.84. The Bertz CT molecular complexity index is 1270. The molecule has 7 nitrogen and oxygen atoms in total. The van der Waals surface area contributed by atoms with Gasteiger partial charge in [0, 0.05) is 18.6 Å². The van der Waals surface area contributed by atoms with Gasteiger partial charge in [-0.3, -0.25) is 18.6 Å². The van der Waals surface area contributed by atoms with Gasteiger partial charge in [-0.25, -0.2) is 0 Å². The molecule has 0 spiro atoms. The standard InChI is InChI=1S/C20H18ClN5O2S/c1-12(17(27)22-11-13-7-9-14(21)10-8-13)29-20-24-23-19-25(2)18(28)15-5-3-4-6-16(15)26(19)20/h3-10,12H,11H2,1-2H3,(H,22,27). The van der Waals surface area contributed by atoms with Crippen LogP contribution in [0.1, 0.15) is 12.5 Å². The maximum absolute atomic E-state index is 12.6. The number of hydrogen-bond donors (Lipinski definition) is 1. The summed E-state index contributed by atoms with van der Waals surface area (Å²) in [6, 6.07) is 14.6. The number of nitrogens with one attached hydrogen (secondary N) is 1. The van der Waals surface area contributed by atoms with Crippen molar-refractivity contribution in [2.24, 2.45) is 7.05 Å². The second-order valence-corrected chi connectivity index (χ2v) is 8.35. The van der Waals surface area contributed by atoms with Crippen LogP contribution in [0.4, 0.5) is 0 Å². The van der Waals surface area contributed by atoms with Crippen molar-refractivity contribution in [3.8, 4) is 0 Å². The first-order valence-electron chi connectivity index (χ1n) is 8.97. The molecule has 2 aromatic heterocycles. The van der Waals surface area contributed by atoms with Crippen LogP contribution in [0.2, 0.25) is 5.02 Å². The second kappa shape index (κ2) is 7.88. The van der Waals surface area contributed by atoms with Gasteiger partial charge in [0.1, 0.15) is 0 Å². The summed E-state index contributed by atoms with van der Waals surface area (Å²) in [6.45, 7) is 2.23. The molecular formula is C20H18ClN5O2S. The van der Waals surface area contributed by atoms with Crippen LogP contribution in [0.15, 0.2) is 58.5 Å². The summed E-state index contributed by atoms with van der Waals surface area (Å²) in [7, 11) is 1.66. The number of thioether (sulfide) groups is 1. The average molecular weight is 428 g/mol. The van der Waals surface area contributed by atoms with Gasteiger partial charge in [0.05, 0.1) is 16.2 Å². The van der Waals surface area contributed by atoms with E-state index in [2.05, 4.69) is 15.5 Å². The Morgan fingerprint density at radius 2 is 1.90 bits per heavy atom. The van der Waals surface area contributed by atoms with E-state index in [0.717, 1.165) is 5.56 Å². The first-order valence-corrected chi connectivity index (χ1v) is 10.2. The Morgan fingerprint density at radius 1 is 1.17 bits per heavy atom. The van der Waals surface area contributed by atoms with Crippen molar-refractivity contribution in [1.82, 2.24) is 24.5 Å². The summed E-state index contributed by atoms with van der Waals surface area (Å²) in [5, 5.41) is 12.7. The third-order valence-corrected chi connectivity index (χ3v) is 5.92. The Morgan fingerprint density at radius 3 is 2.66 bits per heavy atom. The molecule has 1 unspecified atom stereocenters. The van der Waals surface area contributed by atoms with E-state index in [1.165, 1.54) is 16.3 Å². The van der Waals surface area contributed by atoms with E-state index in [1.807, 2.05) is 41.7 Å². The quantitative estimate of drug-likeness (QED) is 0.495. The van der Waals surface area contributed by atoms with Gasteiger partial charge in [0.15, 0.2) is 5.16 Å². The van der Waals surface area contributed by atoms with Crippen molar-refractivity contribution >= 4 is 46.0 Å². The molecule has 0 radical (unpaired) electrons. The largest absolute Gasteiger partial charge is 0.351 e. The van der Waals surface area contributed by atoms with Crippen LogP contribution in [0, 0.1) is 0 Å². The van der Waals surface area contributed by atoms with Crippen molar-refractivity contribution in [1.29, 1.82) is 0 Å². The van der Waals surface area contributed by atoms with Gasteiger partial charge >= 0.3 is 0 Å². The molecule has 2 aromatic carbocycles. The van der Waals surface area contributed by atoms with E-state index >= 15 is 0 Å². The number of nitrogens with zero attached hydrogens (tertiary/aromatic N) is 4. The summed E-state index contributed by atoms with van der Waals surface area (Å²) < 4.78 is 3.27. The molecule has 29 heavy (non-hydrogen) atoms. The minimum absolute atomic E-state index is 0.115. The number of carbonyl (C=O) groups excluding carboxylic acids is 1. The van der Waals surface area contributed by atoms with E-state index in [-0.39, 0.29) is 11.5 Å². The highest BCUT2D eigenvalue weighted by Gasteiger charge is 2.20. The van der Waals surface area contributed by atoms with E-state index in [4.69, 9.17) is 11.6 Å². The van der Waals surface area contributed by atoms with Crippen LogP contribution in [-0.2, 0) is 18.4 Å². The van der Waals surface area contributed by atoms with Crippen molar-refractivity contribution in [3.63, 3.8) is 0 Å². The van der Waals surface area contributed by atoms with Crippen molar-refractivity contribution in [2.75, 3.05) is 0 Å². The Kier molecular flexibility index (Phi) is 5.29. The van der Waals surface area contributed by atoms with Crippen molar-refractivity contribution in [2.45, 2.75) is 23.9 Å². The van der Waals surface area contributed by atoms with Crippen LogP contribution >= 0.6 is 23.4 Å². The summed E-state index contributed by atoms with van der Waals surface area (Å²) in [6.07, 6.45) is 0. The van der Waals surface area contributed by atoms with Crippen molar-refractivity contribution < 1.29 is 4.79 Å². The lowest BCUT2D eigenvalue weighted by Crippen LogP contribution is -2.30. The molecule has 4 rings (SSSR count). The number of hydrogen-bond acceptors (Lipinski definition) is 5. The highest BCUT2D eigenvalue weighted by molar-refractivity contribution is 8.00. The molecule has 0 aliphatic rings. The molecule has 0 saturated carbocycles. The fraction of sp³-hybridized carbons (Fsp3) is 0.200. The maximum Gasteiger partial charge on any atom is 0.262 e. The normalized spacial score (nSPS) is 12.4.